The molecule has 0 unspecified atom stereocenters. The normalized spacial score (nSPS) is 11.2. The third-order valence-electron chi connectivity index (χ3n) is 3.61. The van der Waals surface area contributed by atoms with Gasteiger partial charge in [0.2, 0.25) is 5.91 Å². The van der Waals surface area contributed by atoms with E-state index in [9.17, 15) is 13.2 Å². The fourth-order valence-electron chi connectivity index (χ4n) is 2.39. The van der Waals surface area contributed by atoms with Gasteiger partial charge in [-0.3, -0.25) is 9.52 Å². The largest absolute Gasteiger partial charge is 0.449 e. The second-order valence-corrected chi connectivity index (χ2v) is 7.85. The number of aryl methyl sites for hydroxylation is 1. The van der Waals surface area contributed by atoms with Crippen LogP contribution in [0.5, 0.6) is 0 Å². The molecule has 3 aromatic rings. The van der Waals surface area contributed by atoms with Crippen LogP contribution in [0.4, 0.5) is 11.4 Å². The van der Waals surface area contributed by atoms with Crippen molar-refractivity contribution in [3.05, 3.63) is 59.6 Å². The molecule has 0 atom stereocenters. The van der Waals surface area contributed by atoms with Gasteiger partial charge in [-0.05, 0) is 30.3 Å². The van der Waals surface area contributed by atoms with E-state index in [2.05, 4.69) is 15.0 Å². The van der Waals surface area contributed by atoms with Crippen LogP contribution < -0.4 is 10.0 Å². The van der Waals surface area contributed by atoms with Gasteiger partial charge in [-0.15, -0.1) is 0 Å². The number of aromatic nitrogens is 1. The van der Waals surface area contributed by atoms with Crippen molar-refractivity contribution < 1.29 is 17.6 Å². The molecule has 7 nitrogen and oxygen atoms in total. The van der Waals surface area contributed by atoms with Crippen molar-refractivity contribution in [2.24, 2.45) is 0 Å². The molecule has 0 bridgehead atoms. The number of carbonyl (C=O) groups is 1. The Kier molecular flexibility index (Phi) is 5.20. The van der Waals surface area contributed by atoms with Crippen LogP contribution in [0.3, 0.4) is 0 Å². The molecule has 0 aliphatic carbocycles. The molecule has 9 heteroatoms. The van der Waals surface area contributed by atoms with Crippen LogP contribution in [0.15, 0.2) is 58.0 Å². The van der Waals surface area contributed by atoms with Crippen molar-refractivity contribution in [2.45, 2.75) is 18.7 Å². The lowest BCUT2D eigenvalue weighted by Gasteiger charge is -2.11. The lowest BCUT2D eigenvalue weighted by Crippen LogP contribution is -2.13. The van der Waals surface area contributed by atoms with Crippen molar-refractivity contribution >= 4 is 38.9 Å². The first-order chi connectivity index (χ1) is 12.7. The minimum atomic E-state index is -3.81. The first-order valence-corrected chi connectivity index (χ1v) is 9.73. The van der Waals surface area contributed by atoms with E-state index >= 15 is 0 Å². The zero-order valence-electron chi connectivity index (χ0n) is 14.5. The summed E-state index contributed by atoms with van der Waals surface area (Å²) in [4.78, 5) is 15.5. The highest BCUT2D eigenvalue weighted by Crippen LogP contribution is 2.27. The summed E-state index contributed by atoms with van der Waals surface area (Å²) >= 11 is 6.00. The number of hydrogen-bond acceptors (Lipinski definition) is 5. The van der Waals surface area contributed by atoms with Gasteiger partial charge in [0.15, 0.2) is 5.89 Å². The summed E-state index contributed by atoms with van der Waals surface area (Å²) in [5.41, 5.74) is 1.97. The van der Waals surface area contributed by atoms with Crippen LogP contribution in [-0.4, -0.2) is 19.3 Å². The maximum absolute atomic E-state index is 12.6. The Morgan fingerprint density at radius 3 is 2.44 bits per heavy atom. The van der Waals surface area contributed by atoms with Crippen LogP contribution in [0.2, 0.25) is 5.02 Å². The Morgan fingerprint density at radius 1 is 1.15 bits per heavy atom. The van der Waals surface area contributed by atoms with E-state index < -0.39 is 10.0 Å². The summed E-state index contributed by atoms with van der Waals surface area (Å²) in [6.45, 7) is 3.07. The number of carbonyl (C=O) groups excluding carboxylic acids is 1. The van der Waals surface area contributed by atoms with Crippen molar-refractivity contribution in [3.8, 4) is 11.3 Å². The van der Waals surface area contributed by atoms with Crippen LogP contribution >= 0.6 is 11.6 Å². The molecule has 27 heavy (non-hydrogen) atoms. The second-order valence-electron chi connectivity index (χ2n) is 5.76. The predicted molar refractivity (Wildman–Crippen MR) is 103 cm³/mol. The molecule has 0 aliphatic heterocycles. The van der Waals surface area contributed by atoms with Crippen molar-refractivity contribution in [1.82, 2.24) is 4.98 Å². The fourth-order valence-corrected chi connectivity index (χ4v) is 3.60. The first-order valence-electron chi connectivity index (χ1n) is 7.87. The molecular weight excluding hydrogens is 390 g/mol. The fraction of sp³-hybridized carbons (Fsp3) is 0.111. The molecule has 0 radical (unpaired) electrons. The highest BCUT2D eigenvalue weighted by molar-refractivity contribution is 7.92. The zero-order chi connectivity index (χ0) is 19.6. The molecule has 1 amide bonds. The van der Waals surface area contributed by atoms with E-state index in [1.807, 2.05) is 0 Å². The number of anilines is 2. The monoisotopic (exact) mass is 405 g/mol. The second kappa shape index (κ2) is 7.42. The smallest absolute Gasteiger partial charge is 0.261 e. The number of oxazole rings is 1. The molecule has 1 aromatic heterocycles. The minimum Gasteiger partial charge on any atom is -0.449 e. The van der Waals surface area contributed by atoms with E-state index in [4.69, 9.17) is 16.0 Å². The maximum atomic E-state index is 12.6. The number of nitrogens with zero attached hydrogens (tertiary/aromatic N) is 1. The summed E-state index contributed by atoms with van der Waals surface area (Å²) in [5, 5.41) is 2.85. The van der Waals surface area contributed by atoms with E-state index in [0.717, 1.165) is 5.56 Å². The summed E-state index contributed by atoms with van der Waals surface area (Å²) in [5.74, 6) is 0.219. The van der Waals surface area contributed by atoms with E-state index in [-0.39, 0.29) is 16.5 Å². The minimum absolute atomic E-state index is 0.0856. The number of amides is 1. The van der Waals surface area contributed by atoms with Gasteiger partial charge in [-0.1, -0.05) is 23.7 Å². The summed E-state index contributed by atoms with van der Waals surface area (Å²) < 4.78 is 32.8. The Bertz CT molecular complexity index is 1090. The molecule has 2 aromatic carbocycles. The number of sulfonamides is 1. The van der Waals surface area contributed by atoms with Gasteiger partial charge in [0.05, 0.1) is 21.3 Å². The third kappa shape index (κ3) is 4.47. The SMILES string of the molecule is CC(=O)Nc1cc(NS(=O)(=O)c2ccc(-c3coc(C)n3)cc2)ccc1Cl. The van der Waals surface area contributed by atoms with Gasteiger partial charge in [0, 0.05) is 19.4 Å². The lowest BCUT2D eigenvalue weighted by atomic mass is 10.2. The quantitative estimate of drug-likeness (QED) is 0.666. The molecule has 3 rings (SSSR count). The van der Waals surface area contributed by atoms with Gasteiger partial charge < -0.3 is 9.73 Å². The van der Waals surface area contributed by atoms with Crippen molar-refractivity contribution in [1.29, 1.82) is 0 Å². The summed E-state index contributed by atoms with van der Waals surface area (Å²) in [6, 6.07) is 10.7. The Morgan fingerprint density at radius 2 is 1.85 bits per heavy atom. The number of benzene rings is 2. The Labute approximate surface area is 161 Å². The highest BCUT2D eigenvalue weighted by Gasteiger charge is 2.16. The summed E-state index contributed by atoms with van der Waals surface area (Å²) in [6.07, 6.45) is 1.51. The molecule has 0 spiro atoms. The molecule has 140 valence electrons. The van der Waals surface area contributed by atoms with E-state index in [0.29, 0.717) is 22.3 Å². The average Bonchev–Trinajstić information content (AvgIpc) is 3.04. The predicted octanol–water partition coefficient (Wildman–Crippen LogP) is 4.06. The zero-order valence-corrected chi connectivity index (χ0v) is 16.1. The molecule has 0 saturated heterocycles. The molecule has 0 aliphatic rings. The first kappa shape index (κ1) is 18.9. The number of rotatable bonds is 5. The summed E-state index contributed by atoms with van der Waals surface area (Å²) in [7, 11) is -3.81. The number of nitrogens with one attached hydrogen (secondary N) is 2. The number of halogens is 1. The van der Waals surface area contributed by atoms with Crippen LogP contribution in [0.25, 0.3) is 11.3 Å². The molecule has 0 saturated carbocycles. The molecule has 1 heterocycles. The third-order valence-corrected chi connectivity index (χ3v) is 5.34. The van der Waals surface area contributed by atoms with Gasteiger partial charge in [-0.25, -0.2) is 13.4 Å². The molecule has 2 N–H and O–H groups in total. The van der Waals surface area contributed by atoms with E-state index in [1.54, 1.807) is 19.1 Å². The van der Waals surface area contributed by atoms with Crippen molar-refractivity contribution in [3.63, 3.8) is 0 Å². The maximum Gasteiger partial charge on any atom is 0.261 e. The average molecular weight is 406 g/mol. The van der Waals surface area contributed by atoms with Gasteiger partial charge in [0.1, 0.15) is 12.0 Å². The van der Waals surface area contributed by atoms with E-state index in [1.165, 1.54) is 43.5 Å². The highest BCUT2D eigenvalue weighted by atomic mass is 35.5. The molecule has 0 fully saturated rings. The van der Waals surface area contributed by atoms with Crippen molar-refractivity contribution in [2.75, 3.05) is 10.0 Å². The van der Waals surface area contributed by atoms with Gasteiger partial charge in [-0.2, -0.15) is 0 Å². The molecular formula is C18H16ClN3O4S. The van der Waals surface area contributed by atoms with Crippen LogP contribution in [0.1, 0.15) is 12.8 Å². The standard InChI is InChI=1S/C18H16ClN3O4S/c1-11(23)20-17-9-14(5-8-16(17)19)22-27(24,25)15-6-3-13(4-7-15)18-10-26-12(2)21-18/h3-10,22H,1-2H3,(H,20,23). The topological polar surface area (TPSA) is 101 Å². The Balaban J connectivity index is 1.83. The Hall–Kier alpha value is -2.84. The van der Waals surface area contributed by atoms with Crippen LogP contribution in [0, 0.1) is 6.92 Å². The lowest BCUT2D eigenvalue weighted by molar-refractivity contribution is -0.114. The van der Waals surface area contributed by atoms with Gasteiger partial charge in [0.25, 0.3) is 10.0 Å². The van der Waals surface area contributed by atoms with Crippen LogP contribution in [-0.2, 0) is 14.8 Å². The van der Waals surface area contributed by atoms with Gasteiger partial charge >= 0.3 is 0 Å². The number of hydrogen-bond donors (Lipinski definition) is 2.